The summed E-state index contributed by atoms with van der Waals surface area (Å²) in [5.41, 5.74) is 6.13. The van der Waals surface area contributed by atoms with Crippen LogP contribution in [0.4, 0.5) is 4.79 Å². The van der Waals surface area contributed by atoms with Crippen LogP contribution in [-0.2, 0) is 14.3 Å². The third-order valence-corrected chi connectivity index (χ3v) is 1.76. The number of nitrogens with two attached hydrogens (primary N) is 1. The van der Waals surface area contributed by atoms with Gasteiger partial charge in [-0.25, -0.2) is 9.59 Å². The Labute approximate surface area is 86.8 Å². The number of ether oxygens (including phenoxy) is 2. The second kappa shape index (κ2) is 5.11. The zero-order valence-electron chi connectivity index (χ0n) is 8.17. The van der Waals surface area contributed by atoms with Gasteiger partial charge >= 0.3 is 12.1 Å². The van der Waals surface area contributed by atoms with E-state index in [0.717, 1.165) is 7.11 Å². The molecular weight excluding hydrogens is 198 g/mol. The molecule has 0 bridgehead atoms. The highest BCUT2D eigenvalue weighted by molar-refractivity contribution is 5.86. The molecule has 5 nitrogen and oxygen atoms in total. The first kappa shape index (κ1) is 11.2. The maximum Gasteiger partial charge on any atom is 0.515 e. The average Bonchev–Trinajstić information content (AvgIpc) is 2.29. The van der Waals surface area contributed by atoms with E-state index in [1.807, 2.05) is 0 Å². The van der Waals surface area contributed by atoms with Crippen molar-refractivity contribution in [2.24, 2.45) is 5.73 Å². The van der Waals surface area contributed by atoms with Crippen LogP contribution in [-0.4, -0.2) is 19.2 Å². The summed E-state index contributed by atoms with van der Waals surface area (Å²) >= 11 is 0. The van der Waals surface area contributed by atoms with Crippen molar-refractivity contribution in [3.8, 4) is 0 Å². The van der Waals surface area contributed by atoms with E-state index in [-0.39, 0.29) is 0 Å². The van der Waals surface area contributed by atoms with Gasteiger partial charge < -0.3 is 15.2 Å². The zero-order valence-corrected chi connectivity index (χ0v) is 8.17. The molecule has 0 radical (unpaired) electrons. The van der Waals surface area contributed by atoms with E-state index in [2.05, 4.69) is 9.47 Å². The van der Waals surface area contributed by atoms with Crippen LogP contribution in [0.3, 0.4) is 0 Å². The molecule has 1 aromatic carbocycles. The van der Waals surface area contributed by atoms with E-state index in [0.29, 0.717) is 5.56 Å². The molecule has 0 amide bonds. The van der Waals surface area contributed by atoms with Crippen molar-refractivity contribution in [3.63, 3.8) is 0 Å². The molecule has 0 aliphatic rings. The van der Waals surface area contributed by atoms with Gasteiger partial charge in [-0.1, -0.05) is 30.3 Å². The third kappa shape index (κ3) is 3.07. The fourth-order valence-electron chi connectivity index (χ4n) is 0.984. The molecule has 15 heavy (non-hydrogen) atoms. The summed E-state index contributed by atoms with van der Waals surface area (Å²) < 4.78 is 8.46. The highest BCUT2D eigenvalue weighted by Gasteiger charge is 2.20. The summed E-state index contributed by atoms with van der Waals surface area (Å²) in [6, 6.07) is 7.63. The summed E-state index contributed by atoms with van der Waals surface area (Å²) in [5.74, 6) is -0.840. The van der Waals surface area contributed by atoms with Crippen LogP contribution in [0.2, 0.25) is 0 Å². The lowest BCUT2D eigenvalue weighted by Gasteiger charge is -2.09. The Balaban J connectivity index is 2.65. The van der Waals surface area contributed by atoms with Gasteiger partial charge in [0.25, 0.3) is 0 Å². The number of hydrogen-bond acceptors (Lipinski definition) is 5. The molecule has 5 heteroatoms. The van der Waals surface area contributed by atoms with Gasteiger partial charge in [0.1, 0.15) is 6.04 Å². The maximum absolute atomic E-state index is 11.3. The van der Waals surface area contributed by atoms with Gasteiger partial charge in [0, 0.05) is 0 Å². The summed E-state index contributed by atoms with van der Waals surface area (Å²) in [6.07, 6.45) is -1.06. The fourth-order valence-corrected chi connectivity index (χ4v) is 0.984. The molecular formula is C10H11NO4. The number of carbonyl (C=O) groups is 2. The summed E-state index contributed by atoms with van der Waals surface area (Å²) in [5, 5.41) is 0. The van der Waals surface area contributed by atoms with Gasteiger partial charge in [-0.3, -0.25) is 0 Å². The lowest BCUT2D eigenvalue weighted by atomic mass is 10.1. The van der Waals surface area contributed by atoms with Gasteiger partial charge in [-0.2, -0.15) is 0 Å². The van der Waals surface area contributed by atoms with E-state index in [1.54, 1.807) is 30.3 Å². The van der Waals surface area contributed by atoms with Gasteiger partial charge in [-0.05, 0) is 5.56 Å². The highest BCUT2D eigenvalue weighted by Crippen LogP contribution is 2.11. The smallest absolute Gasteiger partial charge is 0.437 e. The van der Waals surface area contributed by atoms with Crippen molar-refractivity contribution in [3.05, 3.63) is 35.9 Å². The lowest BCUT2D eigenvalue weighted by Crippen LogP contribution is -2.26. The highest BCUT2D eigenvalue weighted by atomic mass is 16.7. The van der Waals surface area contributed by atoms with Gasteiger partial charge in [0.05, 0.1) is 7.11 Å². The minimum absolute atomic E-state index is 0.575. The third-order valence-electron chi connectivity index (χ3n) is 1.76. The maximum atomic E-state index is 11.3. The molecule has 0 heterocycles. The molecule has 1 aromatic rings. The lowest BCUT2D eigenvalue weighted by molar-refractivity contribution is -0.141. The van der Waals surface area contributed by atoms with Crippen LogP contribution in [0.1, 0.15) is 11.6 Å². The van der Waals surface area contributed by atoms with Crippen LogP contribution in [0.5, 0.6) is 0 Å². The molecule has 0 aromatic heterocycles. The number of methoxy groups -OCH3 is 1. The number of esters is 1. The van der Waals surface area contributed by atoms with Gasteiger partial charge in [0.2, 0.25) is 0 Å². The van der Waals surface area contributed by atoms with Gasteiger partial charge in [-0.15, -0.1) is 0 Å². The van der Waals surface area contributed by atoms with E-state index in [9.17, 15) is 9.59 Å². The molecule has 0 spiro atoms. The minimum Gasteiger partial charge on any atom is -0.437 e. The van der Waals surface area contributed by atoms with Crippen LogP contribution in [0, 0.1) is 0 Å². The van der Waals surface area contributed by atoms with Crippen molar-refractivity contribution in [1.82, 2.24) is 0 Å². The van der Waals surface area contributed by atoms with Crippen molar-refractivity contribution in [2.45, 2.75) is 6.04 Å². The topological polar surface area (TPSA) is 78.6 Å². The second-order valence-corrected chi connectivity index (χ2v) is 2.76. The number of hydrogen-bond donors (Lipinski definition) is 1. The monoisotopic (exact) mass is 209 g/mol. The summed E-state index contributed by atoms with van der Waals surface area (Å²) in [6.45, 7) is 0. The normalized spacial score (nSPS) is 11.6. The first-order valence-corrected chi connectivity index (χ1v) is 4.25. The molecule has 0 saturated heterocycles. The summed E-state index contributed by atoms with van der Waals surface area (Å²) in [4.78, 5) is 21.9. The molecule has 0 aliphatic heterocycles. The molecule has 0 saturated carbocycles. The van der Waals surface area contributed by atoms with Crippen molar-refractivity contribution in [2.75, 3.05) is 7.11 Å². The summed E-state index contributed by atoms with van der Waals surface area (Å²) in [7, 11) is 1.11. The number of rotatable bonds is 2. The van der Waals surface area contributed by atoms with E-state index < -0.39 is 18.2 Å². The van der Waals surface area contributed by atoms with Crippen LogP contribution < -0.4 is 5.73 Å². The molecule has 0 unspecified atom stereocenters. The van der Waals surface area contributed by atoms with E-state index >= 15 is 0 Å². The van der Waals surface area contributed by atoms with Gasteiger partial charge in [0.15, 0.2) is 0 Å². The Bertz CT molecular complexity index is 350. The molecule has 0 fully saturated rings. The first-order valence-electron chi connectivity index (χ1n) is 4.25. The Hall–Kier alpha value is -1.88. The van der Waals surface area contributed by atoms with Crippen LogP contribution in [0.25, 0.3) is 0 Å². The molecule has 1 rings (SSSR count). The van der Waals surface area contributed by atoms with E-state index in [1.165, 1.54) is 0 Å². The quantitative estimate of drug-likeness (QED) is 0.580. The standard InChI is InChI=1S/C10H11NO4/c1-14-10(13)15-9(12)8(11)7-5-3-2-4-6-7/h2-6,8H,11H2,1H3/t8-/m1/s1. The van der Waals surface area contributed by atoms with Crippen molar-refractivity contribution in [1.29, 1.82) is 0 Å². The van der Waals surface area contributed by atoms with Crippen molar-refractivity contribution >= 4 is 12.1 Å². The van der Waals surface area contributed by atoms with Crippen LogP contribution in [0.15, 0.2) is 30.3 Å². The number of benzene rings is 1. The Morgan fingerprint density at radius 2 is 1.87 bits per heavy atom. The minimum atomic E-state index is -1.06. The van der Waals surface area contributed by atoms with Crippen molar-refractivity contribution < 1.29 is 19.1 Å². The molecule has 1 atom stereocenters. The first-order chi connectivity index (χ1) is 7.15. The zero-order chi connectivity index (χ0) is 11.3. The predicted molar refractivity (Wildman–Crippen MR) is 51.9 cm³/mol. The number of carbonyl (C=O) groups excluding carboxylic acids is 2. The SMILES string of the molecule is COC(=O)OC(=O)[C@H](N)c1ccccc1. The largest absolute Gasteiger partial charge is 0.515 e. The average molecular weight is 209 g/mol. The Morgan fingerprint density at radius 1 is 1.27 bits per heavy atom. The predicted octanol–water partition coefficient (Wildman–Crippen LogP) is 0.996. The fraction of sp³-hybridized carbons (Fsp3) is 0.200. The van der Waals surface area contributed by atoms with Crippen LogP contribution >= 0.6 is 0 Å². The second-order valence-electron chi connectivity index (χ2n) is 2.76. The molecule has 0 aliphatic carbocycles. The molecule has 2 N–H and O–H groups in total. The molecule has 80 valence electrons. The Morgan fingerprint density at radius 3 is 2.40 bits per heavy atom. The Kier molecular flexibility index (Phi) is 3.82. The van der Waals surface area contributed by atoms with E-state index in [4.69, 9.17) is 5.73 Å².